The van der Waals surface area contributed by atoms with E-state index in [1.165, 1.54) is 7.11 Å². The van der Waals surface area contributed by atoms with Crippen molar-refractivity contribution in [3.05, 3.63) is 5.75 Å². The number of hydrogen-bond acceptors (Lipinski definition) is 10. The lowest BCUT2D eigenvalue weighted by molar-refractivity contribution is -0.144. The van der Waals surface area contributed by atoms with Gasteiger partial charge in [0.1, 0.15) is 5.75 Å². The van der Waals surface area contributed by atoms with Gasteiger partial charge < -0.3 is 9.26 Å². The van der Waals surface area contributed by atoms with Gasteiger partial charge in [0.05, 0.1) is 26.7 Å². The first kappa shape index (κ1) is 23.4. The van der Waals surface area contributed by atoms with Crippen molar-refractivity contribution in [1.29, 1.82) is 0 Å². The molecule has 0 aliphatic heterocycles. The fourth-order valence-corrected chi connectivity index (χ4v) is 4.73. The molecule has 0 saturated heterocycles. The molecule has 0 fully saturated rings. The molecular weight excluding hydrogens is 386 g/mol. The van der Waals surface area contributed by atoms with Crippen LogP contribution in [0, 0.1) is 11.7 Å². The standard InChI is InChI=1S/C11H21O10P2S/c1-18-11(12)10(5-8-24(16,17)20-3)9-23(15,19-2)7-4-6-21-22(13)14/h8,10H,4-7,9H2,1-3H3. The predicted octanol–water partition coefficient (Wildman–Crippen LogP) is 1.72. The van der Waals surface area contributed by atoms with E-state index in [1.54, 1.807) is 0 Å². The smallest absolute Gasteiger partial charge is 0.468 e. The quantitative estimate of drug-likeness (QED) is 0.192. The van der Waals surface area contributed by atoms with Gasteiger partial charge in [0.15, 0.2) is 0 Å². The molecule has 0 saturated carbocycles. The molecule has 0 aromatic rings. The fraction of sp³-hybridized carbons (Fsp3) is 0.818. The van der Waals surface area contributed by atoms with Crippen LogP contribution in [0.2, 0.25) is 0 Å². The number of carbonyl (C=O) groups is 1. The van der Waals surface area contributed by atoms with Gasteiger partial charge in [0.25, 0.3) is 10.1 Å². The van der Waals surface area contributed by atoms with Crippen molar-refractivity contribution >= 4 is 31.4 Å². The Kier molecular flexibility index (Phi) is 10.9. The minimum atomic E-state index is -3.90. The second kappa shape index (κ2) is 11.1. The summed E-state index contributed by atoms with van der Waals surface area (Å²) in [6.45, 7) is -0.168. The van der Waals surface area contributed by atoms with E-state index in [9.17, 15) is 26.9 Å². The average Bonchev–Trinajstić information content (AvgIpc) is 2.54. The van der Waals surface area contributed by atoms with E-state index in [0.29, 0.717) is 0 Å². The number of carbonyl (C=O) groups excluding carboxylic acids is 1. The highest BCUT2D eigenvalue weighted by atomic mass is 32.2. The van der Waals surface area contributed by atoms with Gasteiger partial charge >= 0.3 is 13.9 Å². The lowest BCUT2D eigenvalue weighted by Gasteiger charge is -2.21. The molecule has 0 amide bonds. The number of hydrogen-bond donors (Lipinski definition) is 0. The molecule has 0 aromatic carbocycles. The minimum absolute atomic E-state index is 0.0306. The van der Waals surface area contributed by atoms with Crippen LogP contribution in [-0.4, -0.2) is 54.6 Å². The Hall–Kier alpha value is -0.570. The molecule has 13 heteroatoms. The lowest BCUT2D eigenvalue weighted by atomic mass is 10.1. The van der Waals surface area contributed by atoms with Crippen LogP contribution in [0.25, 0.3) is 0 Å². The Balaban J connectivity index is 4.87. The SMILES string of the molecule is COC(=O)C(C[CH]S(=O)(=O)OC)CP(=O)(CCCOP(=O)=O)OC. The van der Waals surface area contributed by atoms with Crippen molar-refractivity contribution in [2.75, 3.05) is 40.3 Å². The van der Waals surface area contributed by atoms with E-state index in [-0.39, 0.29) is 31.8 Å². The first-order chi connectivity index (χ1) is 11.1. The molecule has 2 atom stereocenters. The topological polar surface area (TPSA) is 139 Å². The van der Waals surface area contributed by atoms with Crippen molar-refractivity contribution in [2.24, 2.45) is 5.92 Å². The van der Waals surface area contributed by atoms with Crippen LogP contribution in [0.4, 0.5) is 0 Å². The molecule has 0 spiro atoms. The van der Waals surface area contributed by atoms with Gasteiger partial charge in [-0.3, -0.25) is 18.1 Å². The number of methoxy groups -OCH3 is 1. The Labute approximate surface area is 141 Å². The molecule has 0 bridgehead atoms. The molecule has 141 valence electrons. The zero-order chi connectivity index (χ0) is 18.8. The highest BCUT2D eigenvalue weighted by Gasteiger charge is 2.32. The summed E-state index contributed by atoms with van der Waals surface area (Å²) in [6, 6.07) is 0. The first-order valence-corrected chi connectivity index (χ1v) is 11.3. The van der Waals surface area contributed by atoms with E-state index in [0.717, 1.165) is 20.0 Å². The zero-order valence-electron chi connectivity index (χ0n) is 13.6. The highest BCUT2D eigenvalue weighted by molar-refractivity contribution is 7.88. The molecule has 10 nitrogen and oxygen atoms in total. The third kappa shape index (κ3) is 9.66. The lowest BCUT2D eigenvalue weighted by Crippen LogP contribution is -2.23. The van der Waals surface area contributed by atoms with Crippen molar-refractivity contribution in [2.45, 2.75) is 12.8 Å². The van der Waals surface area contributed by atoms with Crippen molar-refractivity contribution in [3.63, 3.8) is 0 Å². The van der Waals surface area contributed by atoms with Crippen LogP contribution in [0.1, 0.15) is 12.8 Å². The Morgan fingerprint density at radius 3 is 2.33 bits per heavy atom. The van der Waals surface area contributed by atoms with Crippen LogP contribution in [0.5, 0.6) is 0 Å². The third-order valence-electron chi connectivity index (χ3n) is 3.02. The van der Waals surface area contributed by atoms with E-state index in [1.807, 2.05) is 0 Å². The third-order valence-corrected chi connectivity index (χ3v) is 7.14. The molecular formula is C11H21O10P2S. The molecule has 0 aliphatic carbocycles. The Bertz CT molecular complexity index is 604. The molecule has 0 aromatic heterocycles. The first-order valence-electron chi connectivity index (χ1n) is 6.72. The predicted molar refractivity (Wildman–Crippen MR) is 83.6 cm³/mol. The zero-order valence-corrected chi connectivity index (χ0v) is 16.2. The fourth-order valence-electron chi connectivity index (χ4n) is 1.75. The van der Waals surface area contributed by atoms with Crippen molar-refractivity contribution in [3.8, 4) is 0 Å². The van der Waals surface area contributed by atoms with Gasteiger partial charge in [-0.2, -0.15) is 8.42 Å². The summed E-state index contributed by atoms with van der Waals surface area (Å²) in [6.07, 6.45) is -0.422. The minimum Gasteiger partial charge on any atom is -0.469 e. The van der Waals surface area contributed by atoms with Crippen LogP contribution < -0.4 is 0 Å². The molecule has 0 N–H and O–H groups in total. The molecule has 2 unspecified atom stereocenters. The van der Waals surface area contributed by atoms with Gasteiger partial charge in [0, 0.05) is 19.4 Å². The van der Waals surface area contributed by atoms with Crippen molar-refractivity contribution in [1.82, 2.24) is 0 Å². The molecule has 24 heavy (non-hydrogen) atoms. The largest absolute Gasteiger partial charge is 0.469 e. The Morgan fingerprint density at radius 1 is 1.25 bits per heavy atom. The normalized spacial score (nSPS) is 15.5. The van der Waals surface area contributed by atoms with E-state index < -0.39 is 37.3 Å². The number of esters is 1. The summed E-state index contributed by atoms with van der Waals surface area (Å²) in [5, 5.41) is 0. The van der Waals surface area contributed by atoms with Crippen LogP contribution in [0.15, 0.2) is 0 Å². The van der Waals surface area contributed by atoms with Gasteiger partial charge in [0.2, 0.25) is 7.37 Å². The number of ether oxygens (including phenoxy) is 1. The van der Waals surface area contributed by atoms with Crippen molar-refractivity contribution < 1.29 is 44.9 Å². The second-order valence-electron chi connectivity index (χ2n) is 4.60. The highest BCUT2D eigenvalue weighted by Crippen LogP contribution is 2.49. The average molecular weight is 407 g/mol. The second-order valence-corrected chi connectivity index (χ2v) is 9.76. The summed E-state index contributed by atoms with van der Waals surface area (Å²) in [5.41, 5.74) is 0. The monoisotopic (exact) mass is 407 g/mol. The summed E-state index contributed by atoms with van der Waals surface area (Å²) < 4.78 is 74.0. The van der Waals surface area contributed by atoms with Crippen LogP contribution in [0.3, 0.4) is 0 Å². The summed E-state index contributed by atoms with van der Waals surface area (Å²) in [5.74, 6) is -0.962. The van der Waals surface area contributed by atoms with Gasteiger partial charge in [-0.05, 0) is 12.8 Å². The maximum atomic E-state index is 12.6. The maximum absolute atomic E-state index is 12.6. The Morgan fingerprint density at radius 2 is 1.88 bits per heavy atom. The molecule has 0 aliphatic rings. The van der Waals surface area contributed by atoms with Gasteiger partial charge in [-0.1, -0.05) is 0 Å². The van der Waals surface area contributed by atoms with E-state index in [4.69, 9.17) is 4.52 Å². The van der Waals surface area contributed by atoms with Gasteiger partial charge in [-0.25, -0.2) is 9.13 Å². The molecule has 0 rings (SSSR count). The van der Waals surface area contributed by atoms with Crippen LogP contribution >= 0.6 is 15.3 Å². The van der Waals surface area contributed by atoms with Crippen LogP contribution in [-0.2, 0) is 46.6 Å². The number of rotatable bonds is 13. The molecule has 0 heterocycles. The maximum Gasteiger partial charge on any atom is 0.468 e. The van der Waals surface area contributed by atoms with E-state index in [2.05, 4.69) is 13.4 Å². The molecule has 1 radical (unpaired) electrons. The summed E-state index contributed by atoms with van der Waals surface area (Å²) >= 11 is 0. The van der Waals surface area contributed by atoms with Gasteiger partial charge in [-0.15, -0.1) is 0 Å². The van der Waals surface area contributed by atoms with E-state index >= 15 is 0 Å². The summed E-state index contributed by atoms with van der Waals surface area (Å²) in [4.78, 5) is 11.8. The summed E-state index contributed by atoms with van der Waals surface area (Å²) in [7, 11) is -6.91.